The standard InChI is InChI=1S/C21H26BrFN6O3/c1-2-32-21(31)17-16(9-29-7-3-4-13(29)10-30)27-20(19(25)26-11-24)28-18(17)14-6-5-12(23)8-15(14)22/h5-6,8,11,13,18,30H,2-4,7,9-10H2,1H3,(H,27,28)(H3,24,25,26). The minimum atomic E-state index is -0.843. The third-order valence-corrected chi connectivity index (χ3v) is 6.08. The van der Waals surface area contributed by atoms with Gasteiger partial charge in [0.05, 0.1) is 18.8 Å². The lowest BCUT2D eigenvalue weighted by Crippen LogP contribution is -2.45. The molecule has 2 unspecified atom stereocenters. The Bertz CT molecular complexity index is 980. The maximum absolute atomic E-state index is 13.7. The number of hydrogen-bond acceptors (Lipinski definition) is 7. The minimum absolute atomic E-state index is 0.00725. The second-order valence-electron chi connectivity index (χ2n) is 7.38. The van der Waals surface area contributed by atoms with Gasteiger partial charge in [-0.25, -0.2) is 14.2 Å². The Kier molecular flexibility index (Phi) is 8.10. The maximum Gasteiger partial charge on any atom is 0.338 e. The highest BCUT2D eigenvalue weighted by atomic mass is 79.9. The summed E-state index contributed by atoms with van der Waals surface area (Å²) in [6.45, 7) is 2.97. The van der Waals surface area contributed by atoms with Gasteiger partial charge in [0.1, 0.15) is 18.2 Å². The molecule has 2 aliphatic heterocycles. The van der Waals surface area contributed by atoms with E-state index >= 15 is 0 Å². The quantitative estimate of drug-likeness (QED) is 0.240. The molecule has 0 aliphatic carbocycles. The highest BCUT2D eigenvalue weighted by Crippen LogP contribution is 2.36. The number of nitrogens with zero attached hydrogens (tertiary/aromatic N) is 3. The van der Waals surface area contributed by atoms with Crippen molar-refractivity contribution in [3.8, 4) is 0 Å². The lowest BCUT2D eigenvalue weighted by atomic mass is 9.95. The van der Waals surface area contributed by atoms with E-state index in [0.29, 0.717) is 22.3 Å². The van der Waals surface area contributed by atoms with Crippen LogP contribution < -0.4 is 11.1 Å². The van der Waals surface area contributed by atoms with E-state index in [4.69, 9.17) is 15.9 Å². The molecule has 9 nitrogen and oxygen atoms in total. The second-order valence-corrected chi connectivity index (χ2v) is 8.23. The monoisotopic (exact) mass is 508 g/mol. The summed E-state index contributed by atoms with van der Waals surface area (Å²) in [5, 5.41) is 20.0. The lowest BCUT2D eigenvalue weighted by molar-refractivity contribution is -0.139. The molecule has 0 bridgehead atoms. The third-order valence-electron chi connectivity index (χ3n) is 5.40. The van der Waals surface area contributed by atoms with Gasteiger partial charge in [-0.15, -0.1) is 0 Å². The van der Waals surface area contributed by atoms with Crippen LogP contribution in [0.2, 0.25) is 0 Å². The number of carbonyl (C=O) groups excluding carboxylic acids is 1. The Morgan fingerprint density at radius 2 is 2.34 bits per heavy atom. The molecule has 0 radical (unpaired) electrons. The van der Waals surface area contributed by atoms with Crippen LogP contribution in [0.5, 0.6) is 0 Å². The number of benzene rings is 1. The highest BCUT2D eigenvalue weighted by Gasteiger charge is 2.35. The SMILES string of the molecule is CCOC(=O)C1=C(CN2CCCC2CO)NC(C(N)=NC=N)=NC1c1ccc(F)cc1Br. The van der Waals surface area contributed by atoms with Crippen molar-refractivity contribution in [1.29, 1.82) is 5.41 Å². The Balaban J connectivity index is 2.14. The van der Waals surface area contributed by atoms with Crippen LogP contribution >= 0.6 is 15.9 Å². The first-order chi connectivity index (χ1) is 15.4. The molecule has 11 heteroatoms. The van der Waals surface area contributed by atoms with E-state index in [-0.39, 0.29) is 36.5 Å². The van der Waals surface area contributed by atoms with Gasteiger partial charge in [-0.05, 0) is 44.0 Å². The Hall–Kier alpha value is -2.63. The van der Waals surface area contributed by atoms with E-state index < -0.39 is 17.8 Å². The van der Waals surface area contributed by atoms with Crippen molar-refractivity contribution in [2.45, 2.75) is 31.8 Å². The molecule has 5 N–H and O–H groups in total. The van der Waals surface area contributed by atoms with Crippen molar-refractivity contribution in [3.05, 3.63) is 45.3 Å². The molecule has 2 atom stereocenters. The molecule has 2 heterocycles. The number of aliphatic hydroxyl groups is 1. The summed E-state index contributed by atoms with van der Waals surface area (Å²) in [6, 6.07) is 3.26. The number of halogens is 2. The summed E-state index contributed by atoms with van der Waals surface area (Å²) in [7, 11) is 0. The second kappa shape index (κ2) is 10.8. The van der Waals surface area contributed by atoms with Gasteiger partial charge in [-0.1, -0.05) is 22.0 Å². The van der Waals surface area contributed by atoms with Crippen molar-refractivity contribution in [3.63, 3.8) is 0 Å². The van der Waals surface area contributed by atoms with Crippen LogP contribution in [0.1, 0.15) is 31.4 Å². The molecule has 1 aromatic rings. The number of rotatable bonds is 8. The molecular weight excluding hydrogens is 483 g/mol. The first-order valence-corrected chi connectivity index (χ1v) is 11.1. The summed E-state index contributed by atoms with van der Waals surface area (Å²) in [4.78, 5) is 23.5. The fourth-order valence-electron chi connectivity index (χ4n) is 3.89. The number of nitrogens with two attached hydrogens (primary N) is 1. The number of aliphatic hydroxyl groups excluding tert-OH is 1. The molecule has 1 saturated heterocycles. The zero-order chi connectivity index (χ0) is 23.3. The van der Waals surface area contributed by atoms with Crippen molar-refractivity contribution in [2.24, 2.45) is 15.7 Å². The van der Waals surface area contributed by atoms with Gasteiger partial charge in [0.25, 0.3) is 0 Å². The van der Waals surface area contributed by atoms with Crippen molar-refractivity contribution in [1.82, 2.24) is 10.2 Å². The number of nitrogens with one attached hydrogen (secondary N) is 2. The molecule has 172 valence electrons. The molecular formula is C21H26BrFN6O3. The van der Waals surface area contributed by atoms with E-state index in [1.807, 2.05) is 0 Å². The van der Waals surface area contributed by atoms with E-state index in [9.17, 15) is 14.3 Å². The van der Waals surface area contributed by atoms with Crippen LogP contribution in [-0.4, -0.2) is 66.3 Å². The molecule has 0 spiro atoms. The van der Waals surface area contributed by atoms with Crippen LogP contribution in [0.15, 0.2) is 43.9 Å². The molecule has 0 aromatic heterocycles. The van der Waals surface area contributed by atoms with Gasteiger partial charge in [0.2, 0.25) is 0 Å². The molecule has 1 fully saturated rings. The van der Waals surface area contributed by atoms with Gasteiger partial charge in [0, 0.05) is 22.8 Å². The van der Waals surface area contributed by atoms with Crippen LogP contribution in [0, 0.1) is 11.2 Å². The van der Waals surface area contributed by atoms with Gasteiger partial charge < -0.3 is 20.9 Å². The predicted molar refractivity (Wildman–Crippen MR) is 123 cm³/mol. The first kappa shape index (κ1) is 24.0. The minimum Gasteiger partial charge on any atom is -0.463 e. The number of aliphatic imine (C=N–C) groups is 2. The zero-order valence-electron chi connectivity index (χ0n) is 17.6. The van der Waals surface area contributed by atoms with E-state index in [1.165, 1.54) is 12.1 Å². The molecule has 2 aliphatic rings. The number of amidine groups is 2. The average Bonchev–Trinajstić information content (AvgIpc) is 3.20. The molecule has 3 rings (SSSR count). The Labute approximate surface area is 193 Å². The van der Waals surface area contributed by atoms with Crippen LogP contribution in [0.25, 0.3) is 0 Å². The van der Waals surface area contributed by atoms with Gasteiger partial charge in [0.15, 0.2) is 11.7 Å². The van der Waals surface area contributed by atoms with E-state index in [0.717, 1.165) is 25.7 Å². The van der Waals surface area contributed by atoms with Gasteiger partial charge in [-0.2, -0.15) is 0 Å². The van der Waals surface area contributed by atoms with E-state index in [1.54, 1.807) is 13.0 Å². The predicted octanol–water partition coefficient (Wildman–Crippen LogP) is 1.87. The zero-order valence-corrected chi connectivity index (χ0v) is 19.2. The molecule has 1 aromatic carbocycles. The fraction of sp³-hybridized carbons (Fsp3) is 0.429. The number of likely N-dealkylation sites (tertiary alicyclic amines) is 1. The molecule has 0 saturated carbocycles. The molecule has 0 amide bonds. The van der Waals surface area contributed by atoms with E-state index in [2.05, 4.69) is 36.1 Å². The van der Waals surface area contributed by atoms with Crippen molar-refractivity contribution in [2.75, 3.05) is 26.3 Å². The third kappa shape index (κ3) is 5.22. The summed E-state index contributed by atoms with van der Waals surface area (Å²) in [5.74, 6) is -0.823. The lowest BCUT2D eigenvalue weighted by Gasteiger charge is -2.31. The summed E-state index contributed by atoms with van der Waals surface area (Å²) < 4.78 is 19.5. The average molecular weight is 509 g/mol. The topological polar surface area (TPSA) is 136 Å². The Morgan fingerprint density at radius 3 is 3.00 bits per heavy atom. The maximum atomic E-state index is 13.7. The first-order valence-electron chi connectivity index (χ1n) is 10.3. The summed E-state index contributed by atoms with van der Waals surface area (Å²) in [5.41, 5.74) is 7.34. The summed E-state index contributed by atoms with van der Waals surface area (Å²) in [6.07, 6.45) is 2.58. The summed E-state index contributed by atoms with van der Waals surface area (Å²) >= 11 is 3.37. The molecule has 32 heavy (non-hydrogen) atoms. The smallest absolute Gasteiger partial charge is 0.338 e. The highest BCUT2D eigenvalue weighted by molar-refractivity contribution is 9.10. The van der Waals surface area contributed by atoms with Crippen molar-refractivity contribution >= 4 is 39.9 Å². The normalized spacial score (nSPS) is 21.9. The Morgan fingerprint density at radius 1 is 1.56 bits per heavy atom. The van der Waals surface area contributed by atoms with Crippen LogP contribution in [-0.2, 0) is 9.53 Å². The van der Waals surface area contributed by atoms with Gasteiger partial charge in [-0.3, -0.25) is 15.3 Å². The fourth-order valence-corrected chi connectivity index (χ4v) is 4.46. The number of ether oxygens (including phenoxy) is 1. The van der Waals surface area contributed by atoms with Crippen molar-refractivity contribution < 1.29 is 19.0 Å². The largest absolute Gasteiger partial charge is 0.463 e. The number of esters is 1. The van der Waals surface area contributed by atoms with Crippen LogP contribution in [0.4, 0.5) is 4.39 Å². The number of carbonyl (C=O) groups is 1. The number of hydrogen-bond donors (Lipinski definition) is 4. The van der Waals surface area contributed by atoms with Crippen LogP contribution in [0.3, 0.4) is 0 Å². The van der Waals surface area contributed by atoms with Gasteiger partial charge >= 0.3 is 5.97 Å².